The van der Waals surface area contributed by atoms with Crippen molar-refractivity contribution in [1.29, 1.82) is 0 Å². The first-order valence-electron chi connectivity index (χ1n) is 3.83. The zero-order valence-electron chi connectivity index (χ0n) is 6.88. The van der Waals surface area contributed by atoms with Gasteiger partial charge < -0.3 is 24.8 Å². The maximum atomic E-state index is 9.32. The van der Waals surface area contributed by atoms with Crippen LogP contribution in [-0.2, 0) is 9.47 Å². The highest BCUT2D eigenvalue weighted by Crippen LogP contribution is 2.18. The number of hydrogen-bond donors (Lipinski definition) is 3. The summed E-state index contributed by atoms with van der Waals surface area (Å²) in [4.78, 5) is 0. The molecule has 0 aromatic carbocycles. The maximum Gasteiger partial charge on any atom is 0.157 e. The van der Waals surface area contributed by atoms with E-state index in [1.54, 1.807) is 0 Å². The van der Waals surface area contributed by atoms with Gasteiger partial charge in [0, 0.05) is 13.5 Å². The van der Waals surface area contributed by atoms with Crippen LogP contribution in [0.1, 0.15) is 6.42 Å². The SMILES string of the molecule is COC[C@H]1O[C@@H](O)C[C@@H](O)C1O. The molecule has 0 aliphatic carbocycles. The molecule has 1 saturated heterocycles. The van der Waals surface area contributed by atoms with Crippen molar-refractivity contribution < 1.29 is 24.8 Å². The molecule has 1 aliphatic heterocycles. The molecule has 0 aromatic heterocycles. The first kappa shape index (κ1) is 9.88. The highest BCUT2D eigenvalue weighted by atomic mass is 16.6. The lowest BCUT2D eigenvalue weighted by Gasteiger charge is -2.34. The van der Waals surface area contributed by atoms with Gasteiger partial charge in [-0.15, -0.1) is 0 Å². The summed E-state index contributed by atoms with van der Waals surface area (Å²) in [7, 11) is 1.46. The first-order chi connectivity index (χ1) is 5.65. The van der Waals surface area contributed by atoms with E-state index in [1.807, 2.05) is 0 Å². The van der Waals surface area contributed by atoms with Crippen LogP contribution in [0, 0.1) is 0 Å². The van der Waals surface area contributed by atoms with Crippen LogP contribution in [0.2, 0.25) is 0 Å². The van der Waals surface area contributed by atoms with Gasteiger partial charge in [0.1, 0.15) is 12.2 Å². The molecule has 3 N–H and O–H groups in total. The normalized spacial score (nSPS) is 43.0. The summed E-state index contributed by atoms with van der Waals surface area (Å²) in [5.41, 5.74) is 0. The molecule has 0 bridgehead atoms. The van der Waals surface area contributed by atoms with Crippen LogP contribution in [0.15, 0.2) is 0 Å². The number of rotatable bonds is 2. The van der Waals surface area contributed by atoms with E-state index in [-0.39, 0.29) is 13.0 Å². The van der Waals surface area contributed by atoms with Crippen molar-refractivity contribution in [2.45, 2.75) is 31.0 Å². The topological polar surface area (TPSA) is 79.2 Å². The van der Waals surface area contributed by atoms with Gasteiger partial charge in [-0.1, -0.05) is 0 Å². The second-order valence-electron chi connectivity index (χ2n) is 2.88. The van der Waals surface area contributed by atoms with Gasteiger partial charge in [0.2, 0.25) is 0 Å². The molecule has 0 radical (unpaired) electrons. The van der Waals surface area contributed by atoms with Gasteiger partial charge in [0.25, 0.3) is 0 Å². The van der Waals surface area contributed by atoms with E-state index in [9.17, 15) is 10.2 Å². The molecular formula is C7H14O5. The average Bonchev–Trinajstić information content (AvgIpc) is 2.00. The Morgan fingerprint density at radius 3 is 2.67 bits per heavy atom. The summed E-state index contributed by atoms with van der Waals surface area (Å²) in [5, 5.41) is 27.6. The van der Waals surface area contributed by atoms with E-state index in [0.717, 1.165) is 0 Å². The molecule has 0 saturated carbocycles. The summed E-state index contributed by atoms with van der Waals surface area (Å²) in [6, 6.07) is 0. The Morgan fingerprint density at radius 2 is 2.08 bits per heavy atom. The Labute approximate surface area is 70.5 Å². The van der Waals surface area contributed by atoms with Crippen LogP contribution in [0.3, 0.4) is 0 Å². The number of aliphatic hydroxyl groups is 3. The van der Waals surface area contributed by atoms with Crippen molar-refractivity contribution in [3.05, 3.63) is 0 Å². The van der Waals surface area contributed by atoms with E-state index < -0.39 is 24.6 Å². The molecule has 72 valence electrons. The molecule has 12 heavy (non-hydrogen) atoms. The summed E-state index contributed by atoms with van der Waals surface area (Å²) in [5.74, 6) is 0. The summed E-state index contributed by atoms with van der Waals surface area (Å²) < 4.78 is 9.67. The lowest BCUT2D eigenvalue weighted by Crippen LogP contribution is -2.50. The van der Waals surface area contributed by atoms with Crippen LogP contribution in [-0.4, -0.2) is 53.6 Å². The third-order valence-corrected chi connectivity index (χ3v) is 1.88. The van der Waals surface area contributed by atoms with Gasteiger partial charge in [0.05, 0.1) is 12.7 Å². The van der Waals surface area contributed by atoms with Gasteiger partial charge in [-0.3, -0.25) is 0 Å². The van der Waals surface area contributed by atoms with Crippen LogP contribution in [0.5, 0.6) is 0 Å². The molecule has 4 atom stereocenters. The average molecular weight is 178 g/mol. The van der Waals surface area contributed by atoms with Crippen LogP contribution in [0.4, 0.5) is 0 Å². The summed E-state index contributed by atoms with van der Waals surface area (Å²) >= 11 is 0. The van der Waals surface area contributed by atoms with Gasteiger partial charge in [-0.05, 0) is 0 Å². The minimum Gasteiger partial charge on any atom is -0.390 e. The van der Waals surface area contributed by atoms with E-state index in [4.69, 9.17) is 14.6 Å². The molecule has 1 rings (SSSR count). The predicted molar refractivity (Wildman–Crippen MR) is 39.4 cm³/mol. The number of ether oxygens (including phenoxy) is 2. The lowest BCUT2D eigenvalue weighted by molar-refractivity contribution is -0.241. The Balaban J connectivity index is 2.47. The highest BCUT2D eigenvalue weighted by Gasteiger charge is 2.35. The Kier molecular flexibility index (Phi) is 3.42. The van der Waals surface area contributed by atoms with Gasteiger partial charge in [-0.25, -0.2) is 0 Å². The number of aliphatic hydroxyl groups excluding tert-OH is 3. The Morgan fingerprint density at radius 1 is 1.42 bits per heavy atom. The minimum absolute atomic E-state index is 0.0430. The fraction of sp³-hybridized carbons (Fsp3) is 1.00. The molecule has 5 nitrogen and oxygen atoms in total. The van der Waals surface area contributed by atoms with Gasteiger partial charge >= 0.3 is 0 Å². The van der Waals surface area contributed by atoms with E-state index in [1.165, 1.54) is 7.11 Å². The predicted octanol–water partition coefficient (Wildman–Crippen LogP) is -1.54. The Bertz CT molecular complexity index is 140. The van der Waals surface area contributed by atoms with Crippen molar-refractivity contribution >= 4 is 0 Å². The molecule has 1 fully saturated rings. The van der Waals surface area contributed by atoms with Crippen molar-refractivity contribution in [2.24, 2.45) is 0 Å². The quantitative estimate of drug-likeness (QED) is 0.477. The molecule has 1 heterocycles. The molecule has 0 aromatic rings. The fourth-order valence-corrected chi connectivity index (χ4v) is 1.23. The second-order valence-corrected chi connectivity index (χ2v) is 2.88. The maximum absolute atomic E-state index is 9.32. The van der Waals surface area contributed by atoms with Crippen LogP contribution < -0.4 is 0 Å². The smallest absolute Gasteiger partial charge is 0.157 e. The van der Waals surface area contributed by atoms with E-state index in [0.29, 0.717) is 0 Å². The van der Waals surface area contributed by atoms with Crippen molar-refractivity contribution in [3.63, 3.8) is 0 Å². The molecule has 5 heteroatoms. The lowest BCUT2D eigenvalue weighted by atomic mass is 10.0. The number of methoxy groups -OCH3 is 1. The zero-order chi connectivity index (χ0) is 9.14. The summed E-state index contributed by atoms with van der Waals surface area (Å²) in [6.07, 6.45) is -3.53. The Hall–Kier alpha value is -0.200. The zero-order valence-corrected chi connectivity index (χ0v) is 6.88. The van der Waals surface area contributed by atoms with E-state index >= 15 is 0 Å². The van der Waals surface area contributed by atoms with Crippen molar-refractivity contribution in [3.8, 4) is 0 Å². The van der Waals surface area contributed by atoms with Gasteiger partial charge in [-0.2, -0.15) is 0 Å². The minimum atomic E-state index is -1.01. The third-order valence-electron chi connectivity index (χ3n) is 1.88. The van der Waals surface area contributed by atoms with Crippen LogP contribution in [0.25, 0.3) is 0 Å². The standard InChI is InChI=1S/C7H14O5/c1-11-3-5-7(10)4(8)2-6(9)12-5/h4-10H,2-3H2,1H3/t4-,5-,6-,7?/m1/s1. The van der Waals surface area contributed by atoms with Gasteiger partial charge in [0.15, 0.2) is 6.29 Å². The fourth-order valence-electron chi connectivity index (χ4n) is 1.23. The molecule has 0 amide bonds. The molecule has 0 spiro atoms. The molecular weight excluding hydrogens is 164 g/mol. The molecule has 1 unspecified atom stereocenters. The van der Waals surface area contributed by atoms with Crippen molar-refractivity contribution in [1.82, 2.24) is 0 Å². The first-order valence-corrected chi connectivity index (χ1v) is 3.83. The number of hydrogen-bond acceptors (Lipinski definition) is 5. The van der Waals surface area contributed by atoms with Crippen LogP contribution >= 0.6 is 0 Å². The third kappa shape index (κ3) is 2.15. The highest BCUT2D eigenvalue weighted by molar-refractivity contribution is 4.81. The van der Waals surface area contributed by atoms with E-state index in [2.05, 4.69) is 0 Å². The summed E-state index contributed by atoms with van der Waals surface area (Å²) in [6.45, 7) is 0.162. The molecule has 1 aliphatic rings. The monoisotopic (exact) mass is 178 g/mol. The largest absolute Gasteiger partial charge is 0.390 e. The van der Waals surface area contributed by atoms with Crippen molar-refractivity contribution in [2.75, 3.05) is 13.7 Å². The second kappa shape index (κ2) is 4.15.